The summed E-state index contributed by atoms with van der Waals surface area (Å²) in [6, 6.07) is 11.7. The van der Waals surface area contributed by atoms with E-state index in [1.807, 2.05) is 0 Å². The van der Waals surface area contributed by atoms with Gasteiger partial charge in [-0.2, -0.15) is 4.31 Å². The smallest absolute Gasteiger partial charge is 0.243 e. The number of amides is 1. The van der Waals surface area contributed by atoms with Crippen LogP contribution in [0.2, 0.25) is 0 Å². The van der Waals surface area contributed by atoms with Crippen molar-refractivity contribution in [1.82, 2.24) is 9.62 Å². The molecule has 0 saturated carbocycles. The monoisotopic (exact) mass is 454 g/mol. The van der Waals surface area contributed by atoms with Crippen molar-refractivity contribution in [3.05, 3.63) is 64.4 Å². The minimum Gasteiger partial charge on any atom is -0.351 e. The average Bonchev–Trinajstić information content (AvgIpc) is 2.67. The second-order valence-electron chi connectivity index (χ2n) is 6.39. The topological polar surface area (TPSA) is 66.5 Å². The molecule has 1 fully saturated rings. The Kier molecular flexibility index (Phi) is 6.29. The number of nitrogens with one attached hydrogen (secondary N) is 1. The average molecular weight is 455 g/mol. The molecule has 2 aromatic rings. The van der Waals surface area contributed by atoms with Crippen LogP contribution >= 0.6 is 15.9 Å². The summed E-state index contributed by atoms with van der Waals surface area (Å²) in [4.78, 5) is 12.8. The van der Waals surface area contributed by atoms with Gasteiger partial charge < -0.3 is 5.32 Å². The van der Waals surface area contributed by atoms with Crippen LogP contribution in [0.4, 0.5) is 4.39 Å². The summed E-state index contributed by atoms with van der Waals surface area (Å²) in [6.45, 7) is 0.310. The van der Waals surface area contributed by atoms with Gasteiger partial charge in [0.15, 0.2) is 0 Å². The molecule has 1 atom stereocenters. The molecule has 144 valence electrons. The molecule has 3 rings (SSSR count). The van der Waals surface area contributed by atoms with Gasteiger partial charge in [-0.15, -0.1) is 0 Å². The molecule has 8 heteroatoms. The van der Waals surface area contributed by atoms with Crippen molar-refractivity contribution in [2.45, 2.75) is 36.7 Å². The second kappa shape index (κ2) is 8.50. The predicted molar refractivity (Wildman–Crippen MR) is 104 cm³/mol. The van der Waals surface area contributed by atoms with E-state index in [1.165, 1.54) is 22.5 Å². The maximum atomic E-state index is 13.7. The lowest BCUT2D eigenvalue weighted by Crippen LogP contribution is -2.51. The van der Waals surface area contributed by atoms with Crippen molar-refractivity contribution in [1.29, 1.82) is 0 Å². The molecule has 2 aromatic carbocycles. The first-order chi connectivity index (χ1) is 12.9. The van der Waals surface area contributed by atoms with E-state index in [9.17, 15) is 17.6 Å². The molecule has 0 unspecified atom stereocenters. The molecule has 1 aliphatic rings. The van der Waals surface area contributed by atoms with Crippen molar-refractivity contribution < 1.29 is 17.6 Å². The number of benzene rings is 2. The van der Waals surface area contributed by atoms with Gasteiger partial charge in [0.1, 0.15) is 11.9 Å². The Labute approximate surface area is 166 Å². The van der Waals surface area contributed by atoms with Gasteiger partial charge in [-0.1, -0.05) is 40.5 Å². The van der Waals surface area contributed by atoms with Crippen LogP contribution < -0.4 is 5.32 Å². The van der Waals surface area contributed by atoms with E-state index in [4.69, 9.17) is 0 Å². The van der Waals surface area contributed by atoms with E-state index < -0.39 is 27.8 Å². The standard InChI is InChI=1S/C19H20BrFN2O3S/c20-15-8-10-16(11-9-15)27(25,26)23-12-4-3-7-18(23)19(24)22-13-14-5-1-2-6-17(14)21/h1-2,5-6,8-11,18H,3-4,7,12-13H2,(H,22,24)/t18-/m0/s1. The number of halogens is 2. The van der Waals surface area contributed by atoms with Crippen molar-refractivity contribution in [2.24, 2.45) is 0 Å². The number of sulfonamides is 1. The SMILES string of the molecule is O=C(NCc1ccccc1F)[C@@H]1CCCCN1S(=O)(=O)c1ccc(Br)cc1. The molecule has 0 bridgehead atoms. The van der Waals surface area contributed by atoms with Crippen LogP contribution in [-0.4, -0.2) is 31.2 Å². The first-order valence-corrected chi connectivity index (χ1v) is 10.9. The Morgan fingerprint density at radius 1 is 1.15 bits per heavy atom. The van der Waals surface area contributed by atoms with Crippen LogP contribution in [0.3, 0.4) is 0 Å². The van der Waals surface area contributed by atoms with E-state index in [0.717, 1.165) is 10.9 Å². The molecule has 0 aliphatic carbocycles. The Bertz CT molecular complexity index is 919. The quantitative estimate of drug-likeness (QED) is 0.751. The zero-order chi connectivity index (χ0) is 19.4. The summed E-state index contributed by atoms with van der Waals surface area (Å²) in [5, 5.41) is 2.68. The maximum absolute atomic E-state index is 13.7. The van der Waals surface area contributed by atoms with Crippen molar-refractivity contribution >= 4 is 31.9 Å². The number of rotatable bonds is 5. The van der Waals surface area contributed by atoms with Gasteiger partial charge in [0.2, 0.25) is 15.9 Å². The number of nitrogens with zero attached hydrogens (tertiary/aromatic N) is 1. The number of piperidine rings is 1. The van der Waals surface area contributed by atoms with Crippen LogP contribution in [0.15, 0.2) is 57.9 Å². The molecule has 1 N–H and O–H groups in total. The molecule has 0 radical (unpaired) electrons. The minimum absolute atomic E-state index is 0.0220. The van der Waals surface area contributed by atoms with Crippen LogP contribution in [0.5, 0.6) is 0 Å². The van der Waals surface area contributed by atoms with Gasteiger partial charge >= 0.3 is 0 Å². The molecule has 1 saturated heterocycles. The van der Waals surface area contributed by atoms with E-state index in [1.54, 1.807) is 30.3 Å². The second-order valence-corrected chi connectivity index (χ2v) is 9.20. The fraction of sp³-hybridized carbons (Fsp3) is 0.316. The van der Waals surface area contributed by atoms with Crippen LogP contribution in [-0.2, 0) is 21.4 Å². The molecule has 27 heavy (non-hydrogen) atoms. The highest BCUT2D eigenvalue weighted by Gasteiger charge is 2.37. The van der Waals surface area contributed by atoms with Crippen molar-refractivity contribution in [2.75, 3.05) is 6.54 Å². The molecular formula is C19H20BrFN2O3S. The van der Waals surface area contributed by atoms with E-state index in [2.05, 4.69) is 21.2 Å². The first kappa shape index (κ1) is 20.0. The lowest BCUT2D eigenvalue weighted by molar-refractivity contribution is -0.125. The van der Waals surface area contributed by atoms with Gasteiger partial charge in [-0.05, 0) is 43.2 Å². The lowest BCUT2D eigenvalue weighted by atomic mass is 10.0. The van der Waals surface area contributed by atoms with Crippen LogP contribution in [0, 0.1) is 5.82 Å². The summed E-state index contributed by atoms with van der Waals surface area (Å²) in [6.07, 6.45) is 1.91. The largest absolute Gasteiger partial charge is 0.351 e. The number of carbonyl (C=O) groups is 1. The highest BCUT2D eigenvalue weighted by atomic mass is 79.9. The third kappa shape index (κ3) is 4.56. The van der Waals surface area contributed by atoms with Crippen LogP contribution in [0.25, 0.3) is 0 Å². The Morgan fingerprint density at radius 3 is 2.56 bits per heavy atom. The first-order valence-electron chi connectivity index (χ1n) is 8.68. The van der Waals surface area contributed by atoms with E-state index in [-0.39, 0.29) is 18.0 Å². The molecular weight excluding hydrogens is 435 g/mol. The van der Waals surface area contributed by atoms with Crippen molar-refractivity contribution in [3.8, 4) is 0 Å². The van der Waals surface area contributed by atoms with Gasteiger partial charge in [0.05, 0.1) is 4.90 Å². The highest BCUT2D eigenvalue weighted by molar-refractivity contribution is 9.10. The zero-order valence-corrected chi connectivity index (χ0v) is 17.0. The summed E-state index contributed by atoms with van der Waals surface area (Å²) >= 11 is 3.29. The molecule has 1 heterocycles. The fourth-order valence-corrected chi connectivity index (χ4v) is 5.06. The molecule has 0 aromatic heterocycles. The third-order valence-corrected chi connectivity index (χ3v) is 7.04. The van der Waals surface area contributed by atoms with Gasteiger partial charge in [0, 0.05) is 23.1 Å². The minimum atomic E-state index is -3.79. The predicted octanol–water partition coefficient (Wildman–Crippen LogP) is 3.45. The third-order valence-electron chi connectivity index (χ3n) is 4.59. The summed E-state index contributed by atoms with van der Waals surface area (Å²) < 4.78 is 41.8. The Balaban J connectivity index is 1.77. The molecule has 1 aliphatic heterocycles. The number of carbonyl (C=O) groups excluding carboxylic acids is 1. The summed E-state index contributed by atoms with van der Waals surface area (Å²) in [7, 11) is -3.79. The molecule has 1 amide bonds. The molecule has 0 spiro atoms. The van der Waals surface area contributed by atoms with Crippen molar-refractivity contribution in [3.63, 3.8) is 0 Å². The lowest BCUT2D eigenvalue weighted by Gasteiger charge is -2.33. The number of hydrogen-bond donors (Lipinski definition) is 1. The maximum Gasteiger partial charge on any atom is 0.243 e. The normalized spacial score (nSPS) is 18.2. The van der Waals surface area contributed by atoms with E-state index in [0.29, 0.717) is 18.4 Å². The van der Waals surface area contributed by atoms with E-state index >= 15 is 0 Å². The number of hydrogen-bond acceptors (Lipinski definition) is 3. The van der Waals surface area contributed by atoms with Gasteiger partial charge in [-0.25, -0.2) is 12.8 Å². The molecule has 5 nitrogen and oxygen atoms in total. The van der Waals surface area contributed by atoms with Gasteiger partial charge in [-0.3, -0.25) is 4.79 Å². The van der Waals surface area contributed by atoms with Crippen LogP contribution in [0.1, 0.15) is 24.8 Å². The summed E-state index contributed by atoms with van der Waals surface area (Å²) in [5.74, 6) is -0.806. The van der Waals surface area contributed by atoms with Gasteiger partial charge in [0.25, 0.3) is 0 Å². The Hall–Kier alpha value is -1.77. The fourth-order valence-electron chi connectivity index (χ4n) is 3.14. The highest BCUT2D eigenvalue weighted by Crippen LogP contribution is 2.26. The Morgan fingerprint density at radius 2 is 1.85 bits per heavy atom. The zero-order valence-electron chi connectivity index (χ0n) is 14.6. The summed E-state index contributed by atoms with van der Waals surface area (Å²) in [5.41, 5.74) is 0.365.